The van der Waals surface area contributed by atoms with Crippen molar-refractivity contribution in [2.45, 2.75) is 23.5 Å². The fourth-order valence-electron chi connectivity index (χ4n) is 3.76. The number of urea groups is 1. The predicted molar refractivity (Wildman–Crippen MR) is 108 cm³/mol. The topological polar surface area (TPSA) is 77.6 Å². The molecular formula is C20H22FN5O2S. The molecule has 29 heavy (non-hydrogen) atoms. The van der Waals surface area contributed by atoms with E-state index < -0.39 is 18.2 Å². The summed E-state index contributed by atoms with van der Waals surface area (Å²) in [6, 6.07) is 9.95. The van der Waals surface area contributed by atoms with Crippen LogP contribution in [0.1, 0.15) is 17.3 Å². The van der Waals surface area contributed by atoms with Crippen LogP contribution in [0.4, 0.5) is 9.18 Å². The van der Waals surface area contributed by atoms with E-state index in [0.717, 1.165) is 10.5 Å². The molecule has 0 spiro atoms. The summed E-state index contributed by atoms with van der Waals surface area (Å²) in [5, 5.41) is 6.30. The Kier molecular flexibility index (Phi) is 5.53. The van der Waals surface area contributed by atoms with Gasteiger partial charge in [-0.15, -0.1) is 11.8 Å². The van der Waals surface area contributed by atoms with Gasteiger partial charge in [-0.2, -0.15) is 0 Å². The molecule has 152 valence electrons. The predicted octanol–water partition coefficient (Wildman–Crippen LogP) is 2.14. The number of aromatic nitrogens is 1. The number of halogens is 1. The highest BCUT2D eigenvalue weighted by Gasteiger charge is 2.51. The number of hydrogen-bond acceptors (Lipinski definition) is 6. The van der Waals surface area contributed by atoms with Gasteiger partial charge in [-0.3, -0.25) is 25.3 Å². The molecule has 4 atom stereocenters. The number of rotatable bonds is 4. The molecule has 1 aromatic carbocycles. The fraction of sp³-hybridized carbons (Fsp3) is 0.350. The van der Waals surface area contributed by atoms with Crippen LogP contribution in [0.5, 0.6) is 0 Å². The van der Waals surface area contributed by atoms with Gasteiger partial charge in [-0.05, 0) is 17.7 Å². The molecule has 0 aliphatic carbocycles. The number of hydrogen-bond donors (Lipinski definition) is 2. The Hall–Kier alpha value is -2.49. The Balaban J connectivity index is 1.64. The van der Waals surface area contributed by atoms with Gasteiger partial charge in [0.05, 0.1) is 23.6 Å². The minimum absolute atomic E-state index is 0.256. The number of nitrogens with zero attached hydrogens (tertiary/aromatic N) is 3. The zero-order valence-corrected chi connectivity index (χ0v) is 16.9. The number of benzene rings is 1. The summed E-state index contributed by atoms with van der Waals surface area (Å²) in [5.74, 6) is -0.478. The Morgan fingerprint density at radius 3 is 2.66 bits per heavy atom. The summed E-state index contributed by atoms with van der Waals surface area (Å²) in [5.41, 5.74) is 1.48. The van der Waals surface area contributed by atoms with Crippen LogP contribution in [-0.4, -0.2) is 52.4 Å². The van der Waals surface area contributed by atoms with Gasteiger partial charge in [-0.1, -0.05) is 24.3 Å². The van der Waals surface area contributed by atoms with Gasteiger partial charge in [-0.25, -0.2) is 9.18 Å². The van der Waals surface area contributed by atoms with Gasteiger partial charge in [0.2, 0.25) is 5.91 Å². The molecule has 2 aliphatic rings. The molecule has 1 aromatic heterocycles. The van der Waals surface area contributed by atoms with Crippen molar-refractivity contribution in [1.29, 1.82) is 0 Å². The molecular weight excluding hydrogens is 393 g/mol. The number of amides is 3. The molecule has 9 heteroatoms. The minimum Gasteiger partial charge on any atom is -0.311 e. The van der Waals surface area contributed by atoms with Gasteiger partial charge in [0, 0.05) is 37.8 Å². The van der Waals surface area contributed by atoms with E-state index >= 15 is 0 Å². The second kappa shape index (κ2) is 8.10. The summed E-state index contributed by atoms with van der Waals surface area (Å²) < 4.78 is 14.4. The van der Waals surface area contributed by atoms with Crippen LogP contribution in [0.15, 0.2) is 48.8 Å². The first-order chi connectivity index (χ1) is 14.0. The smallest absolute Gasteiger partial charge is 0.311 e. The first-order valence-electron chi connectivity index (χ1n) is 9.29. The standard InChI is InChI=1S/C20H22FN5O2S/c1-25-17-15(19(27)26(2)20(25)28)18(29-11-12-6-5-9-22-10-12)24-16(23-17)13-7-3-4-8-14(13)21/h3-10,15-18,23-24H,11H2,1-2H3. The molecule has 3 amide bonds. The van der Waals surface area contributed by atoms with E-state index in [0.29, 0.717) is 11.3 Å². The normalized spacial score (nSPS) is 27.1. The lowest BCUT2D eigenvalue weighted by molar-refractivity contribution is -0.140. The largest absolute Gasteiger partial charge is 0.327 e. The Bertz CT molecular complexity index is 915. The average molecular weight is 415 g/mol. The van der Waals surface area contributed by atoms with Crippen LogP contribution in [-0.2, 0) is 10.5 Å². The number of fused-ring (bicyclic) bond motifs is 1. The fourth-order valence-corrected chi connectivity index (χ4v) is 5.00. The van der Waals surface area contributed by atoms with Crippen LogP contribution >= 0.6 is 11.8 Å². The van der Waals surface area contributed by atoms with Crippen molar-refractivity contribution in [1.82, 2.24) is 25.4 Å². The molecule has 2 aromatic rings. The highest BCUT2D eigenvalue weighted by Crippen LogP contribution is 2.35. The third kappa shape index (κ3) is 3.73. The zero-order valence-electron chi connectivity index (χ0n) is 16.1. The SMILES string of the molecule is CN1C(=O)C2C(SCc3cccnc3)NC(c3ccccc3F)NC2N(C)C1=O. The van der Waals surface area contributed by atoms with E-state index in [1.165, 1.54) is 18.0 Å². The molecule has 0 bridgehead atoms. The van der Waals surface area contributed by atoms with E-state index in [1.807, 2.05) is 12.1 Å². The molecule has 2 fully saturated rings. The van der Waals surface area contributed by atoms with Crippen molar-refractivity contribution in [3.63, 3.8) is 0 Å². The third-order valence-electron chi connectivity index (χ3n) is 5.32. The average Bonchev–Trinajstić information content (AvgIpc) is 2.75. The highest BCUT2D eigenvalue weighted by molar-refractivity contribution is 7.99. The van der Waals surface area contributed by atoms with Crippen molar-refractivity contribution in [3.05, 3.63) is 65.7 Å². The van der Waals surface area contributed by atoms with Crippen LogP contribution in [0.2, 0.25) is 0 Å². The Morgan fingerprint density at radius 1 is 1.14 bits per heavy atom. The molecule has 2 aliphatic heterocycles. The first kappa shape index (κ1) is 19.8. The molecule has 2 N–H and O–H groups in total. The number of imide groups is 1. The van der Waals surface area contributed by atoms with Gasteiger partial charge in [0.15, 0.2) is 0 Å². The lowest BCUT2D eigenvalue weighted by atomic mass is 9.96. The van der Waals surface area contributed by atoms with E-state index in [-0.39, 0.29) is 23.1 Å². The van der Waals surface area contributed by atoms with Crippen molar-refractivity contribution in [3.8, 4) is 0 Å². The molecule has 3 heterocycles. The van der Waals surface area contributed by atoms with Gasteiger partial charge in [0.1, 0.15) is 5.82 Å². The number of pyridine rings is 1. The van der Waals surface area contributed by atoms with Crippen LogP contribution in [0.3, 0.4) is 0 Å². The first-order valence-corrected chi connectivity index (χ1v) is 10.3. The Labute approximate surface area is 172 Å². The lowest BCUT2D eigenvalue weighted by Gasteiger charge is -2.50. The maximum absolute atomic E-state index is 14.4. The highest BCUT2D eigenvalue weighted by atomic mass is 32.2. The van der Waals surface area contributed by atoms with Gasteiger partial charge >= 0.3 is 6.03 Å². The van der Waals surface area contributed by atoms with Crippen LogP contribution < -0.4 is 10.6 Å². The maximum atomic E-state index is 14.4. The summed E-state index contributed by atoms with van der Waals surface area (Å²) in [4.78, 5) is 32.2. The van der Waals surface area contributed by atoms with Crippen molar-refractivity contribution in [2.75, 3.05) is 14.1 Å². The zero-order chi connectivity index (χ0) is 20.5. The van der Waals surface area contributed by atoms with E-state index in [1.54, 1.807) is 49.4 Å². The number of nitrogens with one attached hydrogen (secondary N) is 2. The molecule has 4 unspecified atom stereocenters. The van der Waals surface area contributed by atoms with Crippen molar-refractivity contribution < 1.29 is 14.0 Å². The molecule has 0 radical (unpaired) electrons. The summed E-state index contributed by atoms with van der Waals surface area (Å²) in [6.45, 7) is 0. The molecule has 4 rings (SSSR count). The Morgan fingerprint density at radius 2 is 1.93 bits per heavy atom. The summed E-state index contributed by atoms with van der Waals surface area (Å²) in [6.07, 6.45) is 2.42. The minimum atomic E-state index is -0.538. The summed E-state index contributed by atoms with van der Waals surface area (Å²) in [7, 11) is 3.14. The van der Waals surface area contributed by atoms with Gasteiger partial charge < -0.3 is 4.90 Å². The second-order valence-electron chi connectivity index (χ2n) is 7.14. The van der Waals surface area contributed by atoms with E-state index in [4.69, 9.17) is 0 Å². The van der Waals surface area contributed by atoms with Crippen LogP contribution in [0, 0.1) is 11.7 Å². The molecule has 7 nitrogen and oxygen atoms in total. The maximum Gasteiger partial charge on any atom is 0.327 e. The second-order valence-corrected chi connectivity index (χ2v) is 8.27. The van der Waals surface area contributed by atoms with E-state index in [2.05, 4.69) is 15.6 Å². The van der Waals surface area contributed by atoms with Crippen molar-refractivity contribution in [2.24, 2.45) is 5.92 Å². The van der Waals surface area contributed by atoms with Crippen LogP contribution in [0.25, 0.3) is 0 Å². The number of thioether (sulfide) groups is 1. The quantitative estimate of drug-likeness (QED) is 0.797. The van der Waals surface area contributed by atoms with Gasteiger partial charge in [0.25, 0.3) is 0 Å². The molecule has 2 saturated heterocycles. The number of carbonyl (C=O) groups is 2. The van der Waals surface area contributed by atoms with E-state index in [9.17, 15) is 14.0 Å². The molecule has 0 saturated carbocycles. The lowest BCUT2D eigenvalue weighted by Crippen LogP contribution is -2.72. The summed E-state index contributed by atoms with van der Waals surface area (Å²) >= 11 is 1.55. The van der Waals surface area contributed by atoms with Crippen molar-refractivity contribution >= 4 is 23.7 Å². The third-order valence-corrected chi connectivity index (χ3v) is 6.61. The monoisotopic (exact) mass is 415 g/mol. The number of carbonyl (C=O) groups excluding carboxylic acids is 2.